The summed E-state index contributed by atoms with van der Waals surface area (Å²) in [6, 6.07) is 13.4. The molecule has 0 saturated heterocycles. The van der Waals surface area contributed by atoms with Crippen molar-refractivity contribution in [3.63, 3.8) is 0 Å². The Morgan fingerprint density at radius 1 is 0.614 bits per heavy atom. The molecule has 0 amide bonds. The Bertz CT molecular complexity index is 2160. The number of ether oxygens (including phenoxy) is 2. The molecule has 0 saturated carbocycles. The molecule has 0 aliphatic rings. The normalized spacial score (nSPS) is 12.5. The van der Waals surface area contributed by atoms with Crippen LogP contribution in [0.5, 0.6) is 0 Å². The number of hydrogen-bond donors (Lipinski definition) is 0. The molecule has 222 valence electrons. The van der Waals surface area contributed by atoms with Crippen molar-refractivity contribution in [3.8, 4) is 0 Å². The highest BCUT2D eigenvalue weighted by molar-refractivity contribution is 7.29. The molecule has 0 spiro atoms. The lowest BCUT2D eigenvalue weighted by Crippen LogP contribution is -1.95. The third-order valence-electron chi connectivity index (χ3n) is 8.07. The van der Waals surface area contributed by atoms with E-state index < -0.39 is 0 Å². The van der Waals surface area contributed by atoms with Gasteiger partial charge in [0.2, 0.25) is 0 Å². The number of benzene rings is 3. The van der Waals surface area contributed by atoms with Gasteiger partial charge in [-0.3, -0.25) is 0 Å². The molecule has 4 aromatic heterocycles. The zero-order valence-electron chi connectivity index (χ0n) is 24.9. The fourth-order valence-corrected chi connectivity index (χ4v) is 10.9. The summed E-state index contributed by atoms with van der Waals surface area (Å²) in [7, 11) is 2.80. The summed E-state index contributed by atoms with van der Waals surface area (Å²) in [5.74, 6) is -0.707. The quantitative estimate of drug-likeness (QED) is 0.121. The maximum Gasteiger partial charge on any atom is 0.330 e. The van der Waals surface area contributed by atoms with Crippen LogP contribution in [0, 0.1) is 0 Å². The van der Waals surface area contributed by atoms with Crippen LogP contribution in [0.2, 0.25) is 0 Å². The van der Waals surface area contributed by atoms with Crippen molar-refractivity contribution in [3.05, 3.63) is 69.4 Å². The maximum atomic E-state index is 11.8. The van der Waals surface area contributed by atoms with Crippen LogP contribution in [0.25, 0.3) is 72.7 Å². The number of thiophene rings is 4. The lowest BCUT2D eigenvalue weighted by molar-refractivity contribution is -0.135. The van der Waals surface area contributed by atoms with Gasteiger partial charge in [-0.2, -0.15) is 0 Å². The first-order valence-electron chi connectivity index (χ1n) is 14.7. The van der Waals surface area contributed by atoms with Crippen LogP contribution < -0.4 is 0 Å². The molecular formula is C36H30O4S4. The first-order valence-corrected chi connectivity index (χ1v) is 18.0. The zero-order valence-corrected chi connectivity index (χ0v) is 28.1. The van der Waals surface area contributed by atoms with Crippen molar-refractivity contribution in [1.82, 2.24) is 0 Å². The molecule has 0 radical (unpaired) electrons. The summed E-state index contributed by atoms with van der Waals surface area (Å²) in [6.45, 7) is 4.55. The van der Waals surface area contributed by atoms with Crippen LogP contribution in [0.1, 0.15) is 47.6 Å². The monoisotopic (exact) mass is 654 g/mol. The summed E-state index contributed by atoms with van der Waals surface area (Å²) < 4.78 is 17.5. The minimum Gasteiger partial charge on any atom is -0.466 e. The van der Waals surface area contributed by atoms with Gasteiger partial charge in [-0.05, 0) is 72.5 Å². The van der Waals surface area contributed by atoms with Crippen molar-refractivity contribution in [2.24, 2.45) is 0 Å². The van der Waals surface area contributed by atoms with Gasteiger partial charge in [0.1, 0.15) is 0 Å². The fourth-order valence-electron chi connectivity index (χ4n) is 6.26. The molecule has 0 fully saturated rings. The van der Waals surface area contributed by atoms with Crippen LogP contribution in [-0.4, -0.2) is 26.2 Å². The van der Waals surface area contributed by atoms with E-state index in [-0.39, 0.29) is 11.9 Å². The van der Waals surface area contributed by atoms with Crippen LogP contribution in [0.4, 0.5) is 0 Å². The van der Waals surface area contributed by atoms with Crippen molar-refractivity contribution in [2.45, 2.75) is 39.5 Å². The summed E-state index contributed by atoms with van der Waals surface area (Å²) in [5.41, 5.74) is 3.00. The van der Waals surface area contributed by atoms with Crippen molar-refractivity contribution < 1.29 is 19.1 Å². The third-order valence-corrected chi connectivity index (χ3v) is 12.6. The van der Waals surface area contributed by atoms with Crippen LogP contribution in [-0.2, 0) is 31.9 Å². The molecule has 0 unspecified atom stereocenters. The number of carbonyl (C=O) groups is 2. The Hall–Kier alpha value is -3.56. The Balaban J connectivity index is 1.64. The molecule has 4 heterocycles. The number of aryl methyl sites for hydroxylation is 2. The van der Waals surface area contributed by atoms with Gasteiger partial charge in [-0.25, -0.2) is 9.59 Å². The first-order chi connectivity index (χ1) is 21.4. The molecule has 3 aromatic carbocycles. The Morgan fingerprint density at radius 3 is 1.41 bits per heavy atom. The number of esters is 2. The molecule has 0 aliphatic heterocycles. The molecular weight excluding hydrogens is 625 g/mol. The highest BCUT2D eigenvalue weighted by Crippen LogP contribution is 2.52. The van der Waals surface area contributed by atoms with E-state index in [4.69, 9.17) is 9.47 Å². The summed E-state index contributed by atoms with van der Waals surface area (Å²) in [4.78, 5) is 25.7. The Labute approximate surface area is 270 Å². The lowest BCUT2D eigenvalue weighted by atomic mass is 9.92. The summed E-state index contributed by atoms with van der Waals surface area (Å²) >= 11 is 7.24. The van der Waals surface area contributed by atoms with Crippen LogP contribution in [0.15, 0.2) is 48.6 Å². The molecule has 0 bridgehead atoms. The summed E-state index contributed by atoms with van der Waals surface area (Å²) in [5, 5.41) is 7.78. The first kappa shape index (κ1) is 29.2. The molecule has 4 nitrogen and oxygen atoms in total. The average Bonchev–Trinajstić information content (AvgIpc) is 3.81. The van der Waals surface area contributed by atoms with Gasteiger partial charge in [0.05, 0.1) is 14.2 Å². The number of hydrogen-bond acceptors (Lipinski definition) is 8. The van der Waals surface area contributed by atoms with Crippen molar-refractivity contribution in [2.75, 3.05) is 14.2 Å². The highest BCUT2D eigenvalue weighted by atomic mass is 32.1. The van der Waals surface area contributed by atoms with Crippen LogP contribution in [0.3, 0.4) is 0 Å². The predicted molar refractivity (Wildman–Crippen MR) is 193 cm³/mol. The van der Waals surface area contributed by atoms with E-state index in [9.17, 15) is 9.59 Å². The standard InChI is InChI=1S/C36H30O4S4/c1-5-7-21-22(8-6-2)36-34(32-24-18-20(10-16-30(38)40-4)42-26(24)12-14-28(32)44-36)33-31-23-17-19(9-15-29(37)39-3)41-25(23)11-13-27(31)43-35(21)33/h9-18H,5-8H2,1-4H3/b15-9+,16-10+. The van der Waals surface area contributed by atoms with Gasteiger partial charge in [0, 0.05) is 82.4 Å². The molecule has 0 aliphatic carbocycles. The van der Waals surface area contributed by atoms with E-state index >= 15 is 0 Å². The maximum absolute atomic E-state index is 11.8. The van der Waals surface area contributed by atoms with E-state index in [1.165, 1.54) is 98.0 Å². The molecule has 7 aromatic rings. The fraction of sp³-hybridized carbons (Fsp3) is 0.222. The zero-order chi connectivity index (χ0) is 30.5. The molecule has 0 N–H and O–H groups in total. The van der Waals surface area contributed by atoms with E-state index in [2.05, 4.69) is 50.2 Å². The predicted octanol–water partition coefficient (Wildman–Crippen LogP) is 11.1. The second-order valence-corrected chi connectivity index (χ2v) is 15.1. The van der Waals surface area contributed by atoms with Gasteiger partial charge in [0.25, 0.3) is 0 Å². The number of rotatable bonds is 8. The second kappa shape index (κ2) is 11.7. The third kappa shape index (κ3) is 4.76. The topological polar surface area (TPSA) is 52.6 Å². The molecule has 7 rings (SSSR count). The van der Waals surface area contributed by atoms with Gasteiger partial charge in [-0.15, -0.1) is 45.3 Å². The van der Waals surface area contributed by atoms with Crippen molar-refractivity contribution in [1.29, 1.82) is 0 Å². The van der Waals surface area contributed by atoms with Crippen molar-refractivity contribution >= 4 is 130 Å². The second-order valence-electron chi connectivity index (χ2n) is 10.8. The minimum absolute atomic E-state index is 0.353. The van der Waals surface area contributed by atoms with Crippen LogP contribution >= 0.6 is 45.3 Å². The van der Waals surface area contributed by atoms with E-state index in [1.807, 2.05) is 34.8 Å². The van der Waals surface area contributed by atoms with Gasteiger partial charge in [-0.1, -0.05) is 26.7 Å². The number of carbonyl (C=O) groups excluding carboxylic acids is 2. The molecule has 8 heteroatoms. The van der Waals surface area contributed by atoms with E-state index in [0.29, 0.717) is 0 Å². The van der Waals surface area contributed by atoms with Gasteiger partial charge in [0.15, 0.2) is 0 Å². The average molecular weight is 655 g/mol. The number of methoxy groups -OCH3 is 2. The smallest absolute Gasteiger partial charge is 0.330 e. The van der Waals surface area contributed by atoms with Gasteiger partial charge < -0.3 is 9.47 Å². The molecule has 44 heavy (non-hydrogen) atoms. The molecule has 0 atom stereocenters. The SMILES string of the molecule is CCCc1c(CCC)c2sc3ccc4sc(/C=C/C(=O)OC)cc4c3c2c2c1sc1ccc3sc(/C=C/C(=O)OC)cc3c12. The van der Waals surface area contributed by atoms with E-state index in [1.54, 1.807) is 22.7 Å². The lowest BCUT2D eigenvalue weighted by Gasteiger charge is -2.13. The largest absolute Gasteiger partial charge is 0.466 e. The Morgan fingerprint density at radius 2 is 1.02 bits per heavy atom. The minimum atomic E-state index is -0.353. The highest BCUT2D eigenvalue weighted by Gasteiger charge is 2.24. The van der Waals surface area contributed by atoms with E-state index in [0.717, 1.165) is 35.4 Å². The number of fused-ring (bicyclic) bond motifs is 11. The summed E-state index contributed by atoms with van der Waals surface area (Å²) in [6.07, 6.45) is 11.0. The van der Waals surface area contributed by atoms with Gasteiger partial charge >= 0.3 is 11.9 Å². The Kier molecular flexibility index (Phi) is 7.79.